The molecule has 3 heterocycles. The highest BCUT2D eigenvalue weighted by Crippen LogP contribution is 2.37. The first-order valence-electron chi connectivity index (χ1n) is 9.72. The minimum Gasteiger partial charge on any atom is -0.448 e. The fourth-order valence-corrected chi connectivity index (χ4v) is 4.56. The summed E-state index contributed by atoms with van der Waals surface area (Å²) in [6.07, 6.45) is 0.711. The van der Waals surface area contributed by atoms with Crippen LogP contribution in [0.4, 0.5) is 0 Å². The first-order valence-corrected chi connectivity index (χ1v) is 10.1. The van der Waals surface area contributed by atoms with Gasteiger partial charge in [0.1, 0.15) is 11.4 Å². The second kappa shape index (κ2) is 7.94. The maximum absolute atomic E-state index is 11.8. The lowest BCUT2D eigenvalue weighted by atomic mass is 9.79. The summed E-state index contributed by atoms with van der Waals surface area (Å²) in [6, 6.07) is 14.0. The molecule has 2 fully saturated rings. The molecule has 146 valence electrons. The van der Waals surface area contributed by atoms with E-state index in [2.05, 4.69) is 33.9 Å². The molecule has 0 amide bonds. The Morgan fingerprint density at radius 2 is 1.81 bits per heavy atom. The summed E-state index contributed by atoms with van der Waals surface area (Å²) in [4.78, 5) is 7.19. The highest BCUT2D eigenvalue weighted by molar-refractivity contribution is 6.28. The summed E-state index contributed by atoms with van der Waals surface area (Å²) in [5, 5.41) is 12.2. The van der Waals surface area contributed by atoms with E-state index in [1.54, 1.807) is 6.07 Å². The Morgan fingerprint density at radius 3 is 2.48 bits per heavy atom. The molecule has 2 aliphatic rings. The summed E-state index contributed by atoms with van der Waals surface area (Å²) in [6.45, 7) is 6.40. The number of furan rings is 1. The van der Waals surface area contributed by atoms with Crippen molar-refractivity contribution in [2.45, 2.75) is 24.6 Å². The Labute approximate surface area is 166 Å². The van der Waals surface area contributed by atoms with E-state index in [1.807, 2.05) is 24.3 Å². The van der Waals surface area contributed by atoms with Crippen molar-refractivity contribution in [1.82, 2.24) is 14.7 Å². The van der Waals surface area contributed by atoms with Crippen LogP contribution in [0.3, 0.4) is 0 Å². The number of rotatable bonds is 4. The van der Waals surface area contributed by atoms with Gasteiger partial charge >= 0.3 is 0 Å². The molecule has 5 nitrogen and oxygen atoms in total. The van der Waals surface area contributed by atoms with Gasteiger partial charge < -0.3 is 14.4 Å². The van der Waals surface area contributed by atoms with E-state index in [4.69, 9.17) is 16.0 Å². The number of hydrogen-bond acceptors (Lipinski definition) is 5. The molecule has 27 heavy (non-hydrogen) atoms. The molecule has 0 spiro atoms. The van der Waals surface area contributed by atoms with Crippen molar-refractivity contribution in [3.63, 3.8) is 0 Å². The minimum absolute atomic E-state index is 0.0628. The molecule has 0 unspecified atom stereocenters. The van der Waals surface area contributed by atoms with Crippen LogP contribution < -0.4 is 0 Å². The summed E-state index contributed by atoms with van der Waals surface area (Å²) in [5.41, 5.74) is 0.198. The molecule has 0 saturated carbocycles. The van der Waals surface area contributed by atoms with Crippen molar-refractivity contribution in [2.75, 3.05) is 46.3 Å². The topological polar surface area (TPSA) is 43.1 Å². The van der Waals surface area contributed by atoms with E-state index in [-0.39, 0.29) is 6.04 Å². The fourth-order valence-electron chi connectivity index (χ4n) is 4.40. The van der Waals surface area contributed by atoms with Crippen molar-refractivity contribution in [3.05, 3.63) is 59.0 Å². The van der Waals surface area contributed by atoms with Crippen molar-refractivity contribution < 1.29 is 9.52 Å². The first-order chi connectivity index (χ1) is 13.0. The number of piperazine rings is 1. The number of likely N-dealkylation sites (N-methyl/N-ethyl adjacent to an activating group) is 1. The van der Waals surface area contributed by atoms with Gasteiger partial charge in [0, 0.05) is 39.3 Å². The van der Waals surface area contributed by atoms with Gasteiger partial charge in [-0.05, 0) is 42.8 Å². The molecule has 2 saturated heterocycles. The zero-order chi connectivity index (χ0) is 18.9. The van der Waals surface area contributed by atoms with Gasteiger partial charge in [-0.2, -0.15) is 0 Å². The zero-order valence-corrected chi connectivity index (χ0v) is 16.6. The Hall–Kier alpha value is -1.37. The largest absolute Gasteiger partial charge is 0.448 e. The Morgan fingerprint density at radius 1 is 1.07 bits per heavy atom. The summed E-state index contributed by atoms with van der Waals surface area (Å²) in [7, 11) is 2.16. The third kappa shape index (κ3) is 4.08. The van der Waals surface area contributed by atoms with Crippen molar-refractivity contribution in [1.29, 1.82) is 0 Å². The van der Waals surface area contributed by atoms with Crippen LogP contribution >= 0.6 is 11.6 Å². The van der Waals surface area contributed by atoms with Crippen LogP contribution in [0.15, 0.2) is 46.9 Å². The molecule has 1 aromatic heterocycles. The summed E-state index contributed by atoms with van der Waals surface area (Å²) >= 11 is 5.93. The lowest BCUT2D eigenvalue weighted by Crippen LogP contribution is -2.63. The van der Waals surface area contributed by atoms with Crippen LogP contribution in [0.5, 0.6) is 0 Å². The maximum Gasteiger partial charge on any atom is 0.193 e. The minimum atomic E-state index is -0.825. The van der Waals surface area contributed by atoms with Gasteiger partial charge in [-0.1, -0.05) is 30.3 Å². The SMILES string of the molecule is CN1CCN([C@@H]2CN(Cc3ccc(Cl)o3)CC[C@]2(O)c2ccccc2)CC1. The molecule has 2 aromatic rings. The number of aliphatic hydroxyl groups is 1. The molecular weight excluding hydrogens is 362 g/mol. The predicted octanol–water partition coefficient (Wildman–Crippen LogP) is 2.64. The van der Waals surface area contributed by atoms with Gasteiger partial charge in [-0.15, -0.1) is 0 Å². The van der Waals surface area contributed by atoms with Gasteiger partial charge in [0.05, 0.1) is 12.6 Å². The highest BCUT2D eigenvalue weighted by Gasteiger charge is 2.46. The van der Waals surface area contributed by atoms with Crippen molar-refractivity contribution >= 4 is 11.6 Å². The molecule has 2 aliphatic heterocycles. The van der Waals surface area contributed by atoms with E-state index in [0.29, 0.717) is 11.6 Å². The molecule has 6 heteroatoms. The first kappa shape index (κ1) is 19.0. The summed E-state index contributed by atoms with van der Waals surface area (Å²) in [5.74, 6) is 0.877. The normalized spacial score (nSPS) is 28.5. The van der Waals surface area contributed by atoms with E-state index in [9.17, 15) is 5.11 Å². The third-order valence-corrected chi connectivity index (χ3v) is 6.26. The van der Waals surface area contributed by atoms with Crippen molar-refractivity contribution in [3.8, 4) is 0 Å². The number of benzene rings is 1. The number of piperidine rings is 1. The zero-order valence-electron chi connectivity index (χ0n) is 15.9. The smallest absolute Gasteiger partial charge is 0.193 e. The monoisotopic (exact) mass is 389 g/mol. The number of nitrogens with zero attached hydrogens (tertiary/aromatic N) is 3. The average Bonchev–Trinajstić information content (AvgIpc) is 3.10. The molecule has 1 N–H and O–H groups in total. The Bertz CT molecular complexity index is 745. The van der Waals surface area contributed by atoms with Crippen LogP contribution in [0.25, 0.3) is 0 Å². The number of hydrogen-bond donors (Lipinski definition) is 1. The maximum atomic E-state index is 11.8. The van der Waals surface area contributed by atoms with Crippen molar-refractivity contribution in [2.24, 2.45) is 0 Å². The second-order valence-electron chi connectivity index (χ2n) is 7.84. The molecule has 0 radical (unpaired) electrons. The number of likely N-dealkylation sites (tertiary alicyclic amines) is 1. The average molecular weight is 390 g/mol. The fraction of sp³-hybridized carbons (Fsp3) is 0.524. The Balaban J connectivity index is 1.56. The third-order valence-electron chi connectivity index (χ3n) is 6.05. The van der Waals surface area contributed by atoms with Crippen LogP contribution in [0, 0.1) is 0 Å². The second-order valence-corrected chi connectivity index (χ2v) is 8.21. The lowest BCUT2D eigenvalue weighted by molar-refractivity contribution is -0.109. The number of halogens is 1. The lowest BCUT2D eigenvalue weighted by Gasteiger charge is -2.51. The van der Waals surface area contributed by atoms with E-state index in [0.717, 1.165) is 57.1 Å². The van der Waals surface area contributed by atoms with Crippen LogP contribution in [0.2, 0.25) is 5.22 Å². The molecular formula is C21H28ClN3O2. The van der Waals surface area contributed by atoms with Gasteiger partial charge in [0.25, 0.3) is 0 Å². The molecule has 2 atom stereocenters. The predicted molar refractivity (Wildman–Crippen MR) is 107 cm³/mol. The molecule has 1 aromatic carbocycles. The van der Waals surface area contributed by atoms with E-state index in [1.165, 1.54) is 0 Å². The van der Waals surface area contributed by atoms with Crippen LogP contribution in [-0.2, 0) is 12.1 Å². The van der Waals surface area contributed by atoms with Gasteiger partial charge in [-0.25, -0.2) is 0 Å². The molecule has 0 aliphatic carbocycles. The van der Waals surface area contributed by atoms with Gasteiger partial charge in [0.15, 0.2) is 5.22 Å². The standard InChI is InChI=1S/C21H28ClN3O2/c1-23-11-13-25(14-12-23)19-16-24(15-18-7-8-20(22)27-18)10-9-21(19,26)17-5-3-2-4-6-17/h2-8,19,26H,9-16H2,1H3/t19-,21+/m1/s1. The van der Waals surface area contributed by atoms with Gasteiger partial charge in [0.2, 0.25) is 0 Å². The highest BCUT2D eigenvalue weighted by atomic mass is 35.5. The summed E-state index contributed by atoms with van der Waals surface area (Å²) < 4.78 is 5.56. The van der Waals surface area contributed by atoms with Crippen LogP contribution in [-0.4, -0.2) is 72.2 Å². The Kier molecular flexibility index (Phi) is 5.58. The van der Waals surface area contributed by atoms with Crippen LogP contribution in [0.1, 0.15) is 17.7 Å². The molecule has 4 rings (SSSR count). The molecule has 0 bridgehead atoms. The van der Waals surface area contributed by atoms with Gasteiger partial charge in [-0.3, -0.25) is 9.80 Å². The van der Waals surface area contributed by atoms with E-state index >= 15 is 0 Å². The quantitative estimate of drug-likeness (QED) is 0.870. The van der Waals surface area contributed by atoms with E-state index < -0.39 is 5.60 Å².